The molecule has 4 heteroatoms. The molecule has 108 valence electrons. The minimum absolute atomic E-state index is 0.949. The van der Waals surface area contributed by atoms with Gasteiger partial charge in [-0.2, -0.15) is 0 Å². The van der Waals surface area contributed by atoms with Crippen LogP contribution in [0.5, 0.6) is 0 Å². The lowest BCUT2D eigenvalue weighted by Crippen LogP contribution is -1.88. The van der Waals surface area contributed by atoms with Gasteiger partial charge in [-0.25, -0.2) is 9.97 Å². The molecule has 0 spiro atoms. The zero-order valence-corrected chi connectivity index (χ0v) is 14.1. The lowest BCUT2D eigenvalue weighted by Gasteiger charge is -2.04. The van der Waals surface area contributed by atoms with Gasteiger partial charge in [-0.15, -0.1) is 23.1 Å². The van der Waals surface area contributed by atoms with E-state index in [4.69, 9.17) is 0 Å². The third kappa shape index (κ3) is 2.97. The predicted octanol–water partition coefficient (Wildman–Crippen LogP) is 5.16. The summed E-state index contributed by atoms with van der Waals surface area (Å²) in [6.07, 6.45) is 2.77. The van der Waals surface area contributed by atoms with Crippen LogP contribution in [0.4, 0.5) is 0 Å². The van der Waals surface area contributed by atoms with Crippen molar-refractivity contribution in [3.05, 3.63) is 52.2 Å². The highest BCUT2D eigenvalue weighted by atomic mass is 32.2. The second kappa shape index (κ2) is 6.16. The number of thiophene rings is 1. The highest BCUT2D eigenvalue weighted by molar-refractivity contribution is 7.98. The Morgan fingerprint density at radius 3 is 2.48 bits per heavy atom. The molecule has 2 aromatic heterocycles. The van der Waals surface area contributed by atoms with E-state index in [0.29, 0.717) is 0 Å². The van der Waals surface area contributed by atoms with Crippen molar-refractivity contribution in [1.29, 1.82) is 0 Å². The molecular weight excluding hydrogens is 296 g/mol. The van der Waals surface area contributed by atoms with Crippen LogP contribution in [0, 0.1) is 13.8 Å². The van der Waals surface area contributed by atoms with Gasteiger partial charge in [-0.3, -0.25) is 0 Å². The first-order valence-electron chi connectivity index (χ1n) is 7.10. The molecule has 0 amide bonds. The second-order valence-corrected chi connectivity index (χ2v) is 7.27. The highest BCUT2D eigenvalue weighted by Gasteiger charge is 2.12. The number of hydrogen-bond acceptors (Lipinski definition) is 4. The fraction of sp³-hybridized carbons (Fsp3) is 0.294. The van der Waals surface area contributed by atoms with Crippen molar-refractivity contribution >= 4 is 33.3 Å². The van der Waals surface area contributed by atoms with Crippen LogP contribution in [0.3, 0.4) is 0 Å². The second-order valence-electron chi connectivity index (χ2n) is 5.10. The summed E-state index contributed by atoms with van der Waals surface area (Å²) in [6.45, 7) is 6.50. The molecule has 0 bridgehead atoms. The summed E-state index contributed by atoms with van der Waals surface area (Å²) in [6, 6.07) is 8.86. The van der Waals surface area contributed by atoms with Crippen LogP contribution in [0.1, 0.15) is 28.5 Å². The molecule has 21 heavy (non-hydrogen) atoms. The van der Waals surface area contributed by atoms with Gasteiger partial charge < -0.3 is 0 Å². The number of nitrogens with zero attached hydrogens (tertiary/aromatic N) is 2. The standard InChI is InChI=1S/C17H18N2S2/c1-4-13-5-7-14(8-6-13)9-20-16-15-11(2)12(3)21-17(15)19-10-18-16/h5-8,10H,4,9H2,1-3H3. The van der Waals surface area contributed by atoms with E-state index in [9.17, 15) is 0 Å². The van der Waals surface area contributed by atoms with Gasteiger partial charge >= 0.3 is 0 Å². The van der Waals surface area contributed by atoms with Gasteiger partial charge in [0.15, 0.2) is 0 Å². The van der Waals surface area contributed by atoms with E-state index in [1.165, 1.54) is 27.0 Å². The van der Waals surface area contributed by atoms with Gasteiger partial charge in [0.2, 0.25) is 0 Å². The van der Waals surface area contributed by atoms with E-state index in [2.05, 4.69) is 55.0 Å². The minimum atomic E-state index is 0.949. The first-order valence-corrected chi connectivity index (χ1v) is 8.90. The summed E-state index contributed by atoms with van der Waals surface area (Å²) in [5.74, 6) is 0.949. The Kier molecular flexibility index (Phi) is 4.27. The number of rotatable bonds is 4. The van der Waals surface area contributed by atoms with E-state index in [0.717, 1.165) is 22.0 Å². The Bertz CT molecular complexity index is 760. The smallest absolute Gasteiger partial charge is 0.128 e. The molecule has 0 radical (unpaired) electrons. The molecule has 2 nitrogen and oxygen atoms in total. The number of fused-ring (bicyclic) bond motifs is 1. The fourth-order valence-electron chi connectivity index (χ4n) is 2.28. The molecule has 0 aliphatic rings. The minimum Gasteiger partial charge on any atom is -0.229 e. The molecule has 3 aromatic rings. The van der Waals surface area contributed by atoms with Crippen LogP contribution < -0.4 is 0 Å². The first-order chi connectivity index (χ1) is 10.2. The SMILES string of the molecule is CCc1ccc(CSc2ncnc3sc(C)c(C)c23)cc1. The third-order valence-corrected chi connectivity index (χ3v) is 5.91. The van der Waals surface area contributed by atoms with Crippen LogP contribution in [0.2, 0.25) is 0 Å². The van der Waals surface area contributed by atoms with E-state index in [1.54, 1.807) is 29.4 Å². The number of hydrogen-bond donors (Lipinski definition) is 0. The van der Waals surface area contributed by atoms with Crippen molar-refractivity contribution in [3.8, 4) is 0 Å². The van der Waals surface area contributed by atoms with Crippen molar-refractivity contribution in [2.24, 2.45) is 0 Å². The maximum atomic E-state index is 4.49. The average molecular weight is 314 g/mol. The average Bonchev–Trinajstić information content (AvgIpc) is 2.81. The molecule has 0 saturated heterocycles. The van der Waals surface area contributed by atoms with Gasteiger partial charge in [0.05, 0.1) is 0 Å². The van der Waals surface area contributed by atoms with Crippen LogP contribution in [-0.2, 0) is 12.2 Å². The zero-order valence-electron chi connectivity index (χ0n) is 12.5. The molecule has 0 N–H and O–H groups in total. The lowest BCUT2D eigenvalue weighted by molar-refractivity contribution is 1.10. The normalized spacial score (nSPS) is 11.2. The van der Waals surface area contributed by atoms with Crippen LogP contribution in [0.15, 0.2) is 35.6 Å². The molecule has 0 saturated carbocycles. The molecule has 0 unspecified atom stereocenters. The number of benzene rings is 1. The van der Waals surface area contributed by atoms with Gasteiger partial charge in [0.25, 0.3) is 0 Å². The molecule has 0 aliphatic heterocycles. The van der Waals surface area contributed by atoms with Crippen molar-refractivity contribution in [2.75, 3.05) is 0 Å². The highest BCUT2D eigenvalue weighted by Crippen LogP contribution is 2.35. The largest absolute Gasteiger partial charge is 0.229 e. The summed E-state index contributed by atoms with van der Waals surface area (Å²) < 4.78 is 0. The maximum absolute atomic E-state index is 4.49. The summed E-state index contributed by atoms with van der Waals surface area (Å²) in [7, 11) is 0. The van der Waals surface area contributed by atoms with E-state index in [1.807, 2.05) is 0 Å². The summed E-state index contributed by atoms with van der Waals surface area (Å²) in [5, 5.41) is 2.33. The van der Waals surface area contributed by atoms with Crippen molar-refractivity contribution < 1.29 is 0 Å². The van der Waals surface area contributed by atoms with Crippen LogP contribution in [-0.4, -0.2) is 9.97 Å². The van der Waals surface area contributed by atoms with Gasteiger partial charge in [-0.05, 0) is 37.0 Å². The number of aromatic nitrogens is 2. The summed E-state index contributed by atoms with van der Waals surface area (Å²) in [5.41, 5.74) is 4.05. The maximum Gasteiger partial charge on any atom is 0.128 e. The first kappa shape index (κ1) is 14.5. The van der Waals surface area contributed by atoms with Crippen molar-refractivity contribution in [3.63, 3.8) is 0 Å². The molecule has 2 heterocycles. The van der Waals surface area contributed by atoms with Crippen LogP contribution >= 0.6 is 23.1 Å². The molecule has 1 aromatic carbocycles. The molecule has 0 aliphatic carbocycles. The van der Waals surface area contributed by atoms with Gasteiger partial charge in [-0.1, -0.05) is 31.2 Å². The molecule has 0 fully saturated rings. The van der Waals surface area contributed by atoms with Gasteiger partial charge in [0, 0.05) is 16.0 Å². The summed E-state index contributed by atoms with van der Waals surface area (Å²) in [4.78, 5) is 11.3. The van der Waals surface area contributed by atoms with Crippen molar-refractivity contribution in [2.45, 2.75) is 38.0 Å². The predicted molar refractivity (Wildman–Crippen MR) is 92.3 cm³/mol. The van der Waals surface area contributed by atoms with E-state index >= 15 is 0 Å². The zero-order chi connectivity index (χ0) is 14.8. The Balaban J connectivity index is 1.84. The molecule has 0 atom stereocenters. The van der Waals surface area contributed by atoms with Crippen molar-refractivity contribution in [1.82, 2.24) is 9.97 Å². The molecular formula is C17H18N2S2. The van der Waals surface area contributed by atoms with E-state index < -0.39 is 0 Å². The lowest BCUT2D eigenvalue weighted by atomic mass is 10.1. The van der Waals surface area contributed by atoms with E-state index in [-0.39, 0.29) is 0 Å². The topological polar surface area (TPSA) is 25.8 Å². The van der Waals surface area contributed by atoms with Gasteiger partial charge in [0.1, 0.15) is 16.2 Å². The Hall–Kier alpha value is -1.39. The number of thioether (sulfide) groups is 1. The Morgan fingerprint density at radius 1 is 1.05 bits per heavy atom. The fourth-order valence-corrected chi connectivity index (χ4v) is 4.36. The Morgan fingerprint density at radius 2 is 1.76 bits per heavy atom. The Labute approximate surface area is 133 Å². The quantitative estimate of drug-likeness (QED) is 0.491. The number of aryl methyl sites for hydroxylation is 3. The molecule has 3 rings (SSSR count). The summed E-state index contributed by atoms with van der Waals surface area (Å²) >= 11 is 3.55. The van der Waals surface area contributed by atoms with Crippen LogP contribution in [0.25, 0.3) is 10.2 Å². The third-order valence-electron chi connectivity index (χ3n) is 3.74. The monoisotopic (exact) mass is 314 g/mol.